The number of hydrogen-bond acceptors (Lipinski definition) is 2. The summed E-state index contributed by atoms with van der Waals surface area (Å²) in [6.07, 6.45) is 0. The molecule has 0 aliphatic carbocycles. The first-order valence-corrected chi connectivity index (χ1v) is 7.56. The molecule has 2 heteroatoms. The number of rotatable bonds is 1. The summed E-state index contributed by atoms with van der Waals surface area (Å²) in [6.45, 7) is 0. The first kappa shape index (κ1) is 10.3. The van der Waals surface area contributed by atoms with Crippen molar-refractivity contribution >= 4 is 42.8 Å². The van der Waals surface area contributed by atoms with Crippen LogP contribution >= 0.6 is 22.7 Å². The Labute approximate surface area is 113 Å². The second-order valence-corrected chi connectivity index (χ2v) is 6.29. The van der Waals surface area contributed by atoms with E-state index in [9.17, 15) is 0 Å². The normalized spacial score (nSPS) is 11.3. The van der Waals surface area contributed by atoms with Gasteiger partial charge in [0.1, 0.15) is 0 Å². The van der Waals surface area contributed by atoms with E-state index in [0.717, 1.165) is 0 Å². The molecular formula is C16H10S2. The predicted octanol–water partition coefficient (Wildman–Crippen LogP) is 5.78. The molecule has 2 heterocycles. The number of fused-ring (bicyclic) bond motifs is 2. The zero-order chi connectivity index (χ0) is 11.9. The Morgan fingerprint density at radius 3 is 2.44 bits per heavy atom. The van der Waals surface area contributed by atoms with Crippen LogP contribution in [0.5, 0.6) is 0 Å². The van der Waals surface area contributed by atoms with Gasteiger partial charge >= 0.3 is 0 Å². The van der Waals surface area contributed by atoms with Crippen LogP contribution in [-0.4, -0.2) is 0 Å². The van der Waals surface area contributed by atoms with Gasteiger partial charge in [0.25, 0.3) is 0 Å². The summed E-state index contributed by atoms with van der Waals surface area (Å²) < 4.78 is 2.73. The van der Waals surface area contributed by atoms with Crippen LogP contribution < -0.4 is 0 Å². The highest BCUT2D eigenvalue weighted by Crippen LogP contribution is 2.39. The van der Waals surface area contributed by atoms with Crippen molar-refractivity contribution in [3.05, 3.63) is 60.0 Å². The van der Waals surface area contributed by atoms with E-state index >= 15 is 0 Å². The zero-order valence-corrected chi connectivity index (χ0v) is 11.2. The third kappa shape index (κ3) is 1.50. The minimum atomic E-state index is 1.34. The van der Waals surface area contributed by atoms with E-state index in [-0.39, 0.29) is 0 Å². The van der Waals surface area contributed by atoms with Gasteiger partial charge in [-0.3, -0.25) is 0 Å². The Bertz CT molecular complexity index is 803. The second-order valence-electron chi connectivity index (χ2n) is 4.29. The van der Waals surface area contributed by atoms with Crippen molar-refractivity contribution in [1.29, 1.82) is 0 Å². The lowest BCUT2D eigenvalue weighted by Gasteiger charge is -1.93. The molecule has 0 nitrogen and oxygen atoms in total. The predicted molar refractivity (Wildman–Crippen MR) is 82.6 cm³/mol. The fourth-order valence-corrected chi connectivity index (χ4v) is 4.41. The van der Waals surface area contributed by atoms with Crippen molar-refractivity contribution in [3.8, 4) is 10.4 Å². The maximum absolute atomic E-state index is 2.30. The molecule has 0 saturated carbocycles. The van der Waals surface area contributed by atoms with Crippen molar-refractivity contribution < 1.29 is 0 Å². The quantitative estimate of drug-likeness (QED) is 0.409. The van der Waals surface area contributed by atoms with Gasteiger partial charge in [-0.05, 0) is 23.6 Å². The number of hydrogen-bond donors (Lipinski definition) is 0. The first-order chi connectivity index (χ1) is 8.92. The third-order valence-electron chi connectivity index (χ3n) is 3.17. The molecule has 0 spiro atoms. The van der Waals surface area contributed by atoms with E-state index in [4.69, 9.17) is 0 Å². The van der Waals surface area contributed by atoms with Gasteiger partial charge in [0.15, 0.2) is 0 Å². The third-order valence-corrected chi connectivity index (χ3v) is 5.28. The molecule has 0 unspecified atom stereocenters. The van der Waals surface area contributed by atoms with Gasteiger partial charge in [0.2, 0.25) is 0 Å². The Hall–Kier alpha value is -1.64. The van der Waals surface area contributed by atoms with Crippen molar-refractivity contribution in [1.82, 2.24) is 0 Å². The average Bonchev–Trinajstić information content (AvgIpc) is 3.02. The fraction of sp³-hybridized carbons (Fsp3) is 0. The number of benzene rings is 2. The molecule has 2 aromatic heterocycles. The summed E-state index contributed by atoms with van der Waals surface area (Å²) in [4.78, 5) is 1.37. The SMILES string of the molecule is c1ccc2sc(-c3csc4ccccc34)cc2c1. The highest BCUT2D eigenvalue weighted by Gasteiger charge is 2.08. The smallest absolute Gasteiger partial charge is 0.0369 e. The van der Waals surface area contributed by atoms with Gasteiger partial charge in [-0.15, -0.1) is 22.7 Å². The highest BCUT2D eigenvalue weighted by atomic mass is 32.1. The van der Waals surface area contributed by atoms with Crippen LogP contribution in [0.1, 0.15) is 0 Å². The number of thiophene rings is 2. The van der Waals surface area contributed by atoms with Crippen molar-refractivity contribution in [3.63, 3.8) is 0 Å². The van der Waals surface area contributed by atoms with Crippen molar-refractivity contribution in [2.24, 2.45) is 0 Å². The van der Waals surface area contributed by atoms with Crippen LogP contribution in [0.4, 0.5) is 0 Å². The molecule has 0 fully saturated rings. The average molecular weight is 266 g/mol. The van der Waals surface area contributed by atoms with Gasteiger partial charge in [-0.25, -0.2) is 0 Å². The maximum atomic E-state index is 2.30. The van der Waals surface area contributed by atoms with Crippen molar-refractivity contribution in [2.45, 2.75) is 0 Å². The van der Waals surface area contributed by atoms with Gasteiger partial charge in [-0.2, -0.15) is 0 Å². The van der Waals surface area contributed by atoms with Gasteiger partial charge in [-0.1, -0.05) is 36.4 Å². The van der Waals surface area contributed by atoms with E-state index in [0.29, 0.717) is 0 Å². The molecule has 0 aliphatic heterocycles. The molecule has 86 valence electrons. The summed E-state index contributed by atoms with van der Waals surface area (Å²) >= 11 is 3.70. The molecule has 0 amide bonds. The topological polar surface area (TPSA) is 0 Å². The first-order valence-electron chi connectivity index (χ1n) is 5.87. The summed E-state index contributed by atoms with van der Waals surface area (Å²) in [5, 5.41) is 4.98. The molecule has 4 rings (SSSR count). The lowest BCUT2D eigenvalue weighted by molar-refractivity contribution is 1.83. The van der Waals surface area contributed by atoms with Crippen LogP contribution in [0.2, 0.25) is 0 Å². The minimum Gasteiger partial charge on any atom is -0.143 e. The molecule has 4 aromatic rings. The molecule has 0 radical (unpaired) electrons. The molecule has 18 heavy (non-hydrogen) atoms. The summed E-state index contributed by atoms with van der Waals surface area (Å²) in [7, 11) is 0. The second kappa shape index (κ2) is 3.94. The zero-order valence-electron chi connectivity index (χ0n) is 9.59. The van der Waals surface area contributed by atoms with E-state index in [1.54, 1.807) is 0 Å². The van der Waals surface area contributed by atoms with E-state index in [2.05, 4.69) is 60.0 Å². The fourth-order valence-electron chi connectivity index (χ4n) is 2.28. The molecule has 2 aromatic carbocycles. The monoisotopic (exact) mass is 266 g/mol. The molecule has 0 aliphatic rings. The molecule has 0 N–H and O–H groups in total. The standard InChI is InChI=1S/C16H10S2/c1-3-7-14-11(5-1)9-16(18-14)13-10-17-15-8-4-2-6-12(13)15/h1-10H. The Balaban J connectivity index is 2.01. The molecular weight excluding hydrogens is 256 g/mol. The minimum absolute atomic E-state index is 1.34. The molecule has 0 bridgehead atoms. The highest BCUT2D eigenvalue weighted by molar-refractivity contribution is 7.23. The Morgan fingerprint density at radius 2 is 1.56 bits per heavy atom. The van der Waals surface area contributed by atoms with Crippen LogP contribution in [0.3, 0.4) is 0 Å². The summed E-state index contributed by atoms with van der Waals surface area (Å²) in [6, 6.07) is 19.5. The largest absolute Gasteiger partial charge is 0.143 e. The molecule has 0 atom stereocenters. The van der Waals surface area contributed by atoms with Gasteiger partial charge in [0.05, 0.1) is 0 Å². The Kier molecular flexibility index (Phi) is 2.25. The summed E-state index contributed by atoms with van der Waals surface area (Å²) in [5.41, 5.74) is 1.37. The molecule has 0 saturated heterocycles. The lowest BCUT2D eigenvalue weighted by Crippen LogP contribution is -1.67. The maximum Gasteiger partial charge on any atom is 0.0369 e. The van der Waals surface area contributed by atoms with Crippen LogP contribution in [0, 0.1) is 0 Å². The van der Waals surface area contributed by atoms with Crippen molar-refractivity contribution in [2.75, 3.05) is 0 Å². The van der Waals surface area contributed by atoms with E-state index in [1.807, 2.05) is 22.7 Å². The van der Waals surface area contributed by atoms with Crippen LogP contribution in [-0.2, 0) is 0 Å². The van der Waals surface area contributed by atoms with Crippen LogP contribution in [0.15, 0.2) is 60.0 Å². The van der Waals surface area contributed by atoms with Gasteiger partial charge in [0, 0.05) is 30.6 Å². The van der Waals surface area contributed by atoms with E-state index < -0.39 is 0 Å². The lowest BCUT2D eigenvalue weighted by atomic mass is 10.1. The van der Waals surface area contributed by atoms with E-state index in [1.165, 1.54) is 30.6 Å². The Morgan fingerprint density at radius 1 is 0.778 bits per heavy atom. The van der Waals surface area contributed by atoms with Crippen LogP contribution in [0.25, 0.3) is 30.6 Å². The summed E-state index contributed by atoms with van der Waals surface area (Å²) in [5.74, 6) is 0. The van der Waals surface area contributed by atoms with Gasteiger partial charge < -0.3 is 0 Å².